The maximum atomic E-state index is 11.7. The molecule has 1 fully saturated rings. The second-order valence-corrected chi connectivity index (χ2v) is 5.40. The summed E-state index contributed by atoms with van der Waals surface area (Å²) in [6, 6.07) is 7.51. The third-order valence-corrected chi connectivity index (χ3v) is 4.05. The Morgan fingerprint density at radius 1 is 1.25 bits per heavy atom. The number of carbonyl (C=O) groups is 2. The van der Waals surface area contributed by atoms with Gasteiger partial charge >= 0.3 is 12.0 Å². The summed E-state index contributed by atoms with van der Waals surface area (Å²) < 4.78 is 0. The van der Waals surface area contributed by atoms with Crippen molar-refractivity contribution in [3.63, 3.8) is 0 Å². The SMILES string of the molecule is Cc1ccccc1CNC(=O)NCC1(C(=O)O)CCC1. The molecule has 0 heterocycles. The van der Waals surface area contributed by atoms with Crippen LogP contribution in [0.4, 0.5) is 4.79 Å². The van der Waals surface area contributed by atoms with Gasteiger partial charge in [-0.25, -0.2) is 4.79 Å². The molecule has 5 heteroatoms. The average Bonchev–Trinajstić information content (AvgIpc) is 2.36. The van der Waals surface area contributed by atoms with Crippen molar-refractivity contribution < 1.29 is 14.7 Å². The van der Waals surface area contributed by atoms with Gasteiger partial charge in [0.15, 0.2) is 0 Å². The van der Waals surface area contributed by atoms with Gasteiger partial charge in [-0.2, -0.15) is 0 Å². The van der Waals surface area contributed by atoms with E-state index in [1.807, 2.05) is 31.2 Å². The first-order valence-electron chi connectivity index (χ1n) is 6.83. The number of aliphatic carboxylic acids is 1. The van der Waals surface area contributed by atoms with E-state index in [2.05, 4.69) is 10.6 Å². The molecule has 0 saturated heterocycles. The highest BCUT2D eigenvalue weighted by Crippen LogP contribution is 2.40. The van der Waals surface area contributed by atoms with Crippen molar-refractivity contribution in [2.45, 2.75) is 32.7 Å². The summed E-state index contributed by atoms with van der Waals surface area (Å²) in [6.45, 7) is 2.63. The van der Waals surface area contributed by atoms with Crippen molar-refractivity contribution in [3.05, 3.63) is 35.4 Å². The Hall–Kier alpha value is -2.04. The van der Waals surface area contributed by atoms with Gasteiger partial charge in [0.2, 0.25) is 0 Å². The van der Waals surface area contributed by atoms with E-state index in [1.54, 1.807) is 0 Å². The van der Waals surface area contributed by atoms with Gasteiger partial charge in [-0.1, -0.05) is 30.7 Å². The van der Waals surface area contributed by atoms with Crippen LogP contribution >= 0.6 is 0 Å². The van der Waals surface area contributed by atoms with Crippen LogP contribution in [-0.4, -0.2) is 23.7 Å². The number of benzene rings is 1. The predicted octanol–water partition coefficient (Wildman–Crippen LogP) is 2.05. The Morgan fingerprint density at radius 2 is 1.95 bits per heavy atom. The lowest BCUT2D eigenvalue weighted by Crippen LogP contribution is -2.49. The Kier molecular flexibility index (Phi) is 4.27. The molecular weight excluding hydrogens is 256 g/mol. The second kappa shape index (κ2) is 5.94. The Bertz CT molecular complexity index is 510. The minimum absolute atomic E-state index is 0.196. The Labute approximate surface area is 118 Å². The fourth-order valence-corrected chi connectivity index (χ4v) is 2.37. The lowest BCUT2D eigenvalue weighted by molar-refractivity contribution is -0.153. The number of hydrogen-bond acceptors (Lipinski definition) is 2. The largest absolute Gasteiger partial charge is 0.481 e. The first-order valence-corrected chi connectivity index (χ1v) is 6.83. The quantitative estimate of drug-likeness (QED) is 0.770. The van der Waals surface area contributed by atoms with Gasteiger partial charge in [-0.15, -0.1) is 0 Å². The second-order valence-electron chi connectivity index (χ2n) is 5.40. The molecule has 0 bridgehead atoms. The van der Waals surface area contributed by atoms with E-state index in [9.17, 15) is 9.59 Å². The van der Waals surface area contributed by atoms with Crippen LogP contribution in [0.3, 0.4) is 0 Å². The summed E-state index contributed by atoms with van der Waals surface area (Å²) in [7, 11) is 0. The summed E-state index contributed by atoms with van der Waals surface area (Å²) in [5, 5.41) is 14.6. The van der Waals surface area contributed by atoms with Crippen molar-refractivity contribution in [2.24, 2.45) is 5.41 Å². The molecule has 1 aliphatic rings. The number of amides is 2. The summed E-state index contributed by atoms with van der Waals surface area (Å²) >= 11 is 0. The van der Waals surface area contributed by atoms with E-state index in [-0.39, 0.29) is 12.6 Å². The zero-order valence-electron chi connectivity index (χ0n) is 11.6. The maximum Gasteiger partial charge on any atom is 0.315 e. The molecule has 0 unspecified atom stereocenters. The third kappa shape index (κ3) is 3.10. The van der Waals surface area contributed by atoms with Crippen molar-refractivity contribution in [3.8, 4) is 0 Å². The maximum absolute atomic E-state index is 11.7. The number of carboxylic acid groups (broad SMARTS) is 1. The number of carboxylic acids is 1. The fraction of sp³-hybridized carbons (Fsp3) is 0.467. The molecule has 1 aromatic carbocycles. The third-order valence-electron chi connectivity index (χ3n) is 4.05. The van der Waals surface area contributed by atoms with Crippen molar-refractivity contribution in [1.29, 1.82) is 0 Å². The van der Waals surface area contributed by atoms with Crippen LogP contribution in [-0.2, 0) is 11.3 Å². The Balaban J connectivity index is 1.79. The van der Waals surface area contributed by atoms with Crippen LogP contribution in [0, 0.1) is 12.3 Å². The first kappa shape index (κ1) is 14.4. The van der Waals surface area contributed by atoms with Crippen LogP contribution in [0.1, 0.15) is 30.4 Å². The monoisotopic (exact) mass is 276 g/mol. The van der Waals surface area contributed by atoms with Crippen molar-refractivity contribution in [2.75, 3.05) is 6.54 Å². The van der Waals surface area contributed by atoms with Gasteiger partial charge in [0, 0.05) is 13.1 Å². The van der Waals surface area contributed by atoms with Gasteiger partial charge in [-0.3, -0.25) is 4.79 Å². The summed E-state index contributed by atoms with van der Waals surface area (Å²) in [6.07, 6.45) is 2.19. The zero-order chi connectivity index (χ0) is 14.6. The molecule has 1 aromatic rings. The van der Waals surface area contributed by atoms with E-state index >= 15 is 0 Å². The summed E-state index contributed by atoms with van der Waals surface area (Å²) in [5.74, 6) is -0.817. The Morgan fingerprint density at radius 3 is 2.50 bits per heavy atom. The van der Waals surface area contributed by atoms with Crippen LogP contribution in [0.15, 0.2) is 24.3 Å². The molecule has 0 atom stereocenters. The number of urea groups is 1. The lowest BCUT2D eigenvalue weighted by atomic mass is 9.69. The van der Waals surface area contributed by atoms with E-state index in [1.165, 1.54) is 0 Å². The highest BCUT2D eigenvalue weighted by atomic mass is 16.4. The molecule has 0 spiro atoms. The van der Waals surface area contributed by atoms with Crippen LogP contribution in [0.5, 0.6) is 0 Å². The van der Waals surface area contributed by atoms with E-state index < -0.39 is 11.4 Å². The molecule has 20 heavy (non-hydrogen) atoms. The number of rotatable bonds is 5. The highest BCUT2D eigenvalue weighted by molar-refractivity contribution is 5.78. The number of carbonyl (C=O) groups excluding carboxylic acids is 1. The minimum atomic E-state index is -0.817. The van der Waals surface area contributed by atoms with Crippen LogP contribution in [0.2, 0.25) is 0 Å². The number of hydrogen-bond donors (Lipinski definition) is 3. The number of nitrogens with one attached hydrogen (secondary N) is 2. The van der Waals surface area contributed by atoms with Gasteiger partial charge in [-0.05, 0) is 30.9 Å². The van der Waals surface area contributed by atoms with Crippen molar-refractivity contribution >= 4 is 12.0 Å². The highest BCUT2D eigenvalue weighted by Gasteiger charge is 2.44. The average molecular weight is 276 g/mol. The topological polar surface area (TPSA) is 78.4 Å². The normalized spacial score (nSPS) is 16.1. The van der Waals surface area contributed by atoms with Gasteiger partial charge in [0.1, 0.15) is 0 Å². The molecule has 5 nitrogen and oxygen atoms in total. The molecule has 2 rings (SSSR count). The standard InChI is InChI=1S/C15H20N2O3/c1-11-5-2-3-6-12(11)9-16-14(20)17-10-15(13(18)19)7-4-8-15/h2-3,5-6H,4,7-10H2,1H3,(H,18,19)(H2,16,17,20). The molecule has 1 aliphatic carbocycles. The summed E-state index contributed by atoms with van der Waals surface area (Å²) in [5.41, 5.74) is 1.42. The van der Waals surface area contributed by atoms with Gasteiger partial charge < -0.3 is 15.7 Å². The summed E-state index contributed by atoms with van der Waals surface area (Å²) in [4.78, 5) is 22.9. The molecular formula is C15H20N2O3. The lowest BCUT2D eigenvalue weighted by Gasteiger charge is -2.37. The molecule has 0 aromatic heterocycles. The minimum Gasteiger partial charge on any atom is -0.481 e. The predicted molar refractivity (Wildman–Crippen MR) is 75.3 cm³/mol. The number of aryl methyl sites for hydroxylation is 1. The van der Waals surface area contributed by atoms with Crippen LogP contribution < -0.4 is 10.6 Å². The fourth-order valence-electron chi connectivity index (χ4n) is 2.37. The van der Waals surface area contributed by atoms with Crippen LogP contribution in [0.25, 0.3) is 0 Å². The smallest absolute Gasteiger partial charge is 0.315 e. The van der Waals surface area contributed by atoms with E-state index in [0.29, 0.717) is 19.4 Å². The zero-order valence-corrected chi connectivity index (χ0v) is 11.6. The molecule has 3 N–H and O–H groups in total. The van der Waals surface area contributed by atoms with Crippen molar-refractivity contribution in [1.82, 2.24) is 10.6 Å². The van der Waals surface area contributed by atoms with Gasteiger partial charge in [0.25, 0.3) is 0 Å². The van der Waals surface area contributed by atoms with E-state index in [0.717, 1.165) is 17.5 Å². The molecule has 0 radical (unpaired) electrons. The van der Waals surface area contributed by atoms with E-state index in [4.69, 9.17) is 5.11 Å². The molecule has 108 valence electrons. The first-order chi connectivity index (χ1) is 9.53. The van der Waals surface area contributed by atoms with Gasteiger partial charge in [0.05, 0.1) is 5.41 Å². The molecule has 1 saturated carbocycles. The molecule has 2 amide bonds. The molecule has 0 aliphatic heterocycles.